The van der Waals surface area contributed by atoms with Crippen LogP contribution < -0.4 is 10.6 Å². The minimum Gasteiger partial charge on any atom is -0.352 e. The first kappa shape index (κ1) is 15.0. The van der Waals surface area contributed by atoms with Crippen LogP contribution in [-0.2, 0) is 11.2 Å². The molecule has 1 atom stereocenters. The number of nitrogens with one attached hydrogen (secondary N) is 2. The van der Waals surface area contributed by atoms with E-state index in [1.165, 1.54) is 0 Å². The second-order valence-electron chi connectivity index (χ2n) is 5.28. The second-order valence-corrected chi connectivity index (χ2v) is 5.71. The zero-order valence-electron chi connectivity index (χ0n) is 12.0. The van der Waals surface area contributed by atoms with E-state index >= 15 is 0 Å². The molecule has 1 aliphatic rings. The summed E-state index contributed by atoms with van der Waals surface area (Å²) in [5.41, 5.74) is 0.834. The Hall–Kier alpha value is -1.92. The molecule has 6 nitrogen and oxygen atoms in total. The number of aromatic nitrogens is 2. The second kappa shape index (κ2) is 6.89. The van der Waals surface area contributed by atoms with Gasteiger partial charge in [0.15, 0.2) is 0 Å². The van der Waals surface area contributed by atoms with Gasteiger partial charge in [-0.3, -0.25) is 4.79 Å². The molecule has 0 spiro atoms. The number of aryl methyl sites for hydroxylation is 1. The number of rotatable bonds is 5. The van der Waals surface area contributed by atoms with Gasteiger partial charge in [-0.05, 0) is 37.2 Å². The third kappa shape index (κ3) is 3.84. The van der Waals surface area contributed by atoms with Crippen molar-refractivity contribution in [3.8, 4) is 11.4 Å². The first-order valence-corrected chi connectivity index (χ1v) is 7.67. The first-order chi connectivity index (χ1) is 10.7. The molecule has 2 aromatic rings. The van der Waals surface area contributed by atoms with Crippen molar-refractivity contribution in [1.82, 2.24) is 20.8 Å². The molecule has 116 valence electrons. The van der Waals surface area contributed by atoms with Crippen LogP contribution in [-0.4, -0.2) is 35.2 Å². The van der Waals surface area contributed by atoms with E-state index in [4.69, 9.17) is 16.1 Å². The Bertz CT molecular complexity index is 635. The SMILES string of the molecule is O=C(CCc1nc(-c2ccc(Cl)cc2)no1)NC1CCNC1. The van der Waals surface area contributed by atoms with E-state index in [0.29, 0.717) is 29.6 Å². The van der Waals surface area contributed by atoms with Gasteiger partial charge in [0.1, 0.15) is 0 Å². The molecule has 22 heavy (non-hydrogen) atoms. The predicted molar refractivity (Wildman–Crippen MR) is 82.5 cm³/mol. The molecule has 1 saturated heterocycles. The average molecular weight is 321 g/mol. The van der Waals surface area contributed by atoms with Crippen molar-refractivity contribution < 1.29 is 9.32 Å². The lowest BCUT2D eigenvalue weighted by atomic mass is 10.2. The first-order valence-electron chi connectivity index (χ1n) is 7.29. The van der Waals surface area contributed by atoms with Crippen LogP contribution in [0.5, 0.6) is 0 Å². The molecule has 0 radical (unpaired) electrons. The predicted octanol–water partition coefficient (Wildman–Crippen LogP) is 1.80. The zero-order chi connectivity index (χ0) is 15.4. The Balaban J connectivity index is 1.53. The molecule has 0 saturated carbocycles. The van der Waals surface area contributed by atoms with E-state index in [2.05, 4.69) is 20.8 Å². The van der Waals surface area contributed by atoms with E-state index in [9.17, 15) is 4.79 Å². The van der Waals surface area contributed by atoms with E-state index in [-0.39, 0.29) is 11.9 Å². The summed E-state index contributed by atoms with van der Waals surface area (Å²) < 4.78 is 5.18. The van der Waals surface area contributed by atoms with E-state index in [0.717, 1.165) is 25.1 Å². The molecule has 3 rings (SSSR count). The van der Waals surface area contributed by atoms with Gasteiger partial charge >= 0.3 is 0 Å². The number of hydrogen-bond acceptors (Lipinski definition) is 5. The fraction of sp³-hybridized carbons (Fsp3) is 0.400. The topological polar surface area (TPSA) is 80.0 Å². The van der Waals surface area contributed by atoms with Crippen LogP contribution in [0.25, 0.3) is 11.4 Å². The Labute approximate surface area is 133 Å². The highest BCUT2D eigenvalue weighted by Gasteiger charge is 2.17. The van der Waals surface area contributed by atoms with Gasteiger partial charge in [-0.15, -0.1) is 0 Å². The molecule has 2 N–H and O–H groups in total. The van der Waals surface area contributed by atoms with Gasteiger partial charge in [-0.1, -0.05) is 16.8 Å². The highest BCUT2D eigenvalue weighted by molar-refractivity contribution is 6.30. The summed E-state index contributed by atoms with van der Waals surface area (Å²) in [6.07, 6.45) is 1.76. The minimum absolute atomic E-state index is 0.0138. The minimum atomic E-state index is 0.0138. The molecular weight excluding hydrogens is 304 g/mol. The summed E-state index contributed by atoms with van der Waals surface area (Å²) in [6, 6.07) is 7.44. The van der Waals surface area contributed by atoms with Crippen molar-refractivity contribution in [2.24, 2.45) is 0 Å². The van der Waals surface area contributed by atoms with E-state index in [1.807, 2.05) is 12.1 Å². The Morgan fingerprint density at radius 2 is 2.23 bits per heavy atom. The molecule has 1 fully saturated rings. The van der Waals surface area contributed by atoms with Crippen molar-refractivity contribution in [2.75, 3.05) is 13.1 Å². The Morgan fingerprint density at radius 1 is 1.41 bits per heavy atom. The smallest absolute Gasteiger partial charge is 0.227 e. The van der Waals surface area contributed by atoms with Gasteiger partial charge in [-0.25, -0.2) is 0 Å². The number of nitrogens with zero attached hydrogens (tertiary/aromatic N) is 2. The van der Waals surface area contributed by atoms with Gasteiger partial charge in [0.2, 0.25) is 17.6 Å². The quantitative estimate of drug-likeness (QED) is 0.878. The number of benzene rings is 1. The van der Waals surface area contributed by atoms with Gasteiger partial charge in [0.25, 0.3) is 0 Å². The summed E-state index contributed by atoms with van der Waals surface area (Å²) in [5, 5.41) is 10.8. The Kier molecular flexibility index (Phi) is 4.70. The number of hydrogen-bond donors (Lipinski definition) is 2. The highest BCUT2D eigenvalue weighted by atomic mass is 35.5. The molecule has 2 heterocycles. The summed E-state index contributed by atoms with van der Waals surface area (Å²) in [7, 11) is 0. The van der Waals surface area contributed by atoms with E-state index in [1.54, 1.807) is 12.1 Å². The van der Waals surface area contributed by atoms with Crippen LogP contribution in [0, 0.1) is 0 Å². The monoisotopic (exact) mass is 320 g/mol. The third-order valence-electron chi connectivity index (χ3n) is 3.56. The van der Waals surface area contributed by atoms with Crippen molar-refractivity contribution in [3.63, 3.8) is 0 Å². The number of amides is 1. The average Bonchev–Trinajstić information content (AvgIpc) is 3.17. The van der Waals surface area contributed by atoms with Crippen molar-refractivity contribution in [3.05, 3.63) is 35.2 Å². The number of halogens is 1. The summed E-state index contributed by atoms with van der Waals surface area (Å²) in [5.74, 6) is 0.983. The van der Waals surface area contributed by atoms with Crippen LogP contribution in [0.15, 0.2) is 28.8 Å². The fourth-order valence-electron chi connectivity index (χ4n) is 2.37. The van der Waals surface area contributed by atoms with E-state index < -0.39 is 0 Å². The normalized spacial score (nSPS) is 17.6. The standard InChI is InChI=1S/C15H17ClN4O2/c16-11-3-1-10(2-4-11)15-19-14(22-20-15)6-5-13(21)18-12-7-8-17-9-12/h1-4,12,17H,5-9H2,(H,18,21). The highest BCUT2D eigenvalue weighted by Crippen LogP contribution is 2.18. The van der Waals surface area contributed by atoms with Gasteiger partial charge < -0.3 is 15.2 Å². The van der Waals surface area contributed by atoms with Gasteiger partial charge in [0, 0.05) is 36.0 Å². The molecule has 1 aromatic heterocycles. The zero-order valence-corrected chi connectivity index (χ0v) is 12.8. The van der Waals surface area contributed by atoms with Gasteiger partial charge in [-0.2, -0.15) is 4.98 Å². The maximum Gasteiger partial charge on any atom is 0.227 e. The lowest BCUT2D eigenvalue weighted by Crippen LogP contribution is -2.36. The molecule has 1 unspecified atom stereocenters. The Morgan fingerprint density at radius 3 is 2.95 bits per heavy atom. The maximum absolute atomic E-state index is 11.8. The summed E-state index contributed by atoms with van der Waals surface area (Å²) in [4.78, 5) is 16.1. The largest absolute Gasteiger partial charge is 0.352 e. The lowest BCUT2D eigenvalue weighted by Gasteiger charge is -2.10. The molecule has 0 bridgehead atoms. The molecule has 1 aromatic carbocycles. The molecule has 0 aliphatic carbocycles. The maximum atomic E-state index is 11.8. The van der Waals surface area contributed by atoms with Gasteiger partial charge in [0.05, 0.1) is 0 Å². The van der Waals surface area contributed by atoms with Crippen LogP contribution in [0.2, 0.25) is 5.02 Å². The molecule has 1 amide bonds. The molecule has 1 aliphatic heterocycles. The summed E-state index contributed by atoms with van der Waals surface area (Å²) in [6.45, 7) is 1.80. The van der Waals surface area contributed by atoms with Crippen LogP contribution in [0.3, 0.4) is 0 Å². The van der Waals surface area contributed by atoms with Crippen molar-refractivity contribution in [1.29, 1.82) is 0 Å². The van der Waals surface area contributed by atoms with Crippen LogP contribution in [0.4, 0.5) is 0 Å². The lowest BCUT2D eigenvalue weighted by molar-refractivity contribution is -0.121. The van der Waals surface area contributed by atoms with Crippen LogP contribution >= 0.6 is 11.6 Å². The summed E-state index contributed by atoms with van der Waals surface area (Å²) >= 11 is 5.85. The number of carbonyl (C=O) groups excluding carboxylic acids is 1. The van der Waals surface area contributed by atoms with Crippen molar-refractivity contribution >= 4 is 17.5 Å². The molecular formula is C15H17ClN4O2. The number of carbonyl (C=O) groups is 1. The molecule has 7 heteroatoms. The third-order valence-corrected chi connectivity index (χ3v) is 3.81. The van der Waals surface area contributed by atoms with Crippen molar-refractivity contribution in [2.45, 2.75) is 25.3 Å². The van der Waals surface area contributed by atoms with Crippen LogP contribution in [0.1, 0.15) is 18.7 Å². The fourth-order valence-corrected chi connectivity index (χ4v) is 2.50.